The summed E-state index contributed by atoms with van der Waals surface area (Å²) in [5, 5.41) is 1.13. The maximum Gasteiger partial charge on any atom is 0.0372 e. The van der Waals surface area contributed by atoms with Crippen molar-refractivity contribution >= 4 is 15.9 Å². The quantitative estimate of drug-likeness (QED) is 0.706. The lowest BCUT2D eigenvalue weighted by Crippen LogP contribution is -1.87. The molecule has 64 valence electrons. The van der Waals surface area contributed by atoms with Crippen LogP contribution in [0.25, 0.3) is 0 Å². The first-order chi connectivity index (χ1) is 5.81. The molecule has 0 saturated heterocycles. The number of hydrogen-bond donors (Lipinski definition) is 0. The van der Waals surface area contributed by atoms with Gasteiger partial charge >= 0.3 is 0 Å². The highest BCUT2D eigenvalue weighted by Gasteiger charge is 2.37. The number of nitrogens with zero attached hydrogens (tertiary/aromatic N) is 1. The van der Waals surface area contributed by atoms with Crippen LogP contribution in [0.4, 0.5) is 0 Å². The van der Waals surface area contributed by atoms with Crippen molar-refractivity contribution in [2.24, 2.45) is 5.92 Å². The van der Waals surface area contributed by atoms with Gasteiger partial charge in [0.05, 0.1) is 0 Å². The van der Waals surface area contributed by atoms with E-state index in [1.54, 1.807) is 0 Å². The lowest BCUT2D eigenvalue weighted by molar-refractivity contribution is 0.927. The van der Waals surface area contributed by atoms with E-state index >= 15 is 0 Å². The molecule has 2 atom stereocenters. The maximum absolute atomic E-state index is 4.29. The van der Waals surface area contributed by atoms with E-state index in [4.69, 9.17) is 0 Å². The first-order valence-corrected chi connectivity index (χ1v) is 5.42. The highest BCUT2D eigenvalue weighted by molar-refractivity contribution is 9.09. The third-order valence-electron chi connectivity index (χ3n) is 2.48. The number of aromatic nitrogens is 1. The van der Waals surface area contributed by atoms with Gasteiger partial charge in [-0.25, -0.2) is 0 Å². The zero-order valence-corrected chi connectivity index (χ0v) is 8.71. The third kappa shape index (κ3) is 1.53. The minimum Gasteiger partial charge on any atom is -0.261 e. The van der Waals surface area contributed by atoms with Crippen molar-refractivity contribution in [3.05, 3.63) is 29.6 Å². The average molecular weight is 226 g/mol. The first kappa shape index (κ1) is 8.24. The molecule has 0 aromatic carbocycles. The van der Waals surface area contributed by atoms with E-state index < -0.39 is 0 Å². The zero-order chi connectivity index (χ0) is 8.55. The fraction of sp³-hybridized carbons (Fsp3) is 0.500. The molecule has 0 radical (unpaired) electrons. The van der Waals surface area contributed by atoms with Gasteiger partial charge in [0.1, 0.15) is 0 Å². The van der Waals surface area contributed by atoms with E-state index in [2.05, 4.69) is 33.0 Å². The summed E-state index contributed by atoms with van der Waals surface area (Å²) < 4.78 is 0. The molecule has 0 bridgehead atoms. The zero-order valence-electron chi connectivity index (χ0n) is 7.13. The lowest BCUT2D eigenvalue weighted by Gasteiger charge is -1.97. The van der Waals surface area contributed by atoms with E-state index in [1.807, 2.05) is 13.1 Å². The van der Waals surface area contributed by atoms with Crippen molar-refractivity contribution < 1.29 is 0 Å². The Morgan fingerprint density at radius 2 is 2.42 bits per heavy atom. The standard InChI is InChI=1S/C10H12BrN/c1-7-2-3-8(6-12-7)10-4-9(10)5-11/h2-3,6,9-10H,4-5H2,1H3. The van der Waals surface area contributed by atoms with E-state index in [0.29, 0.717) is 0 Å². The van der Waals surface area contributed by atoms with Gasteiger partial charge in [-0.1, -0.05) is 22.0 Å². The summed E-state index contributed by atoms with van der Waals surface area (Å²) >= 11 is 3.51. The molecule has 0 amide bonds. The molecule has 1 aliphatic carbocycles. The predicted octanol–water partition coefficient (Wildman–Crippen LogP) is 2.89. The van der Waals surface area contributed by atoms with Crippen LogP contribution >= 0.6 is 15.9 Å². The van der Waals surface area contributed by atoms with Crippen LogP contribution in [0.2, 0.25) is 0 Å². The predicted molar refractivity (Wildman–Crippen MR) is 53.6 cm³/mol. The van der Waals surface area contributed by atoms with Crippen LogP contribution in [0, 0.1) is 12.8 Å². The second-order valence-electron chi connectivity index (χ2n) is 3.49. The molecule has 1 nitrogen and oxygen atoms in total. The van der Waals surface area contributed by atoms with Gasteiger partial charge in [-0.05, 0) is 36.8 Å². The molecule has 1 aromatic heterocycles. The van der Waals surface area contributed by atoms with Crippen molar-refractivity contribution in [3.8, 4) is 0 Å². The van der Waals surface area contributed by atoms with Gasteiger partial charge in [-0.15, -0.1) is 0 Å². The van der Waals surface area contributed by atoms with Gasteiger partial charge in [0, 0.05) is 17.2 Å². The van der Waals surface area contributed by atoms with Crippen LogP contribution in [-0.2, 0) is 0 Å². The molecule has 1 saturated carbocycles. The Bertz CT molecular complexity index is 268. The minimum atomic E-state index is 0.775. The van der Waals surface area contributed by atoms with E-state index in [0.717, 1.165) is 22.9 Å². The smallest absolute Gasteiger partial charge is 0.0372 e. The number of hydrogen-bond acceptors (Lipinski definition) is 1. The van der Waals surface area contributed by atoms with Crippen molar-refractivity contribution in [1.82, 2.24) is 4.98 Å². The first-order valence-electron chi connectivity index (χ1n) is 4.30. The third-order valence-corrected chi connectivity index (χ3v) is 3.31. The Hall–Kier alpha value is -0.370. The van der Waals surface area contributed by atoms with Crippen molar-refractivity contribution in [2.75, 3.05) is 5.33 Å². The molecule has 0 spiro atoms. The molecule has 2 heteroatoms. The number of alkyl halides is 1. The Labute approximate surface area is 81.3 Å². The Balaban J connectivity index is 2.10. The number of halogens is 1. The van der Waals surface area contributed by atoms with Crippen LogP contribution in [0.1, 0.15) is 23.6 Å². The van der Waals surface area contributed by atoms with Gasteiger partial charge in [0.2, 0.25) is 0 Å². The fourth-order valence-corrected chi connectivity index (χ4v) is 2.24. The normalized spacial score (nSPS) is 27.2. The summed E-state index contributed by atoms with van der Waals surface area (Å²) in [4.78, 5) is 4.29. The molecule has 2 unspecified atom stereocenters. The molecular weight excluding hydrogens is 214 g/mol. The molecule has 0 N–H and O–H groups in total. The second kappa shape index (κ2) is 3.17. The topological polar surface area (TPSA) is 12.9 Å². The summed E-state index contributed by atoms with van der Waals surface area (Å²) in [6.07, 6.45) is 3.35. The Morgan fingerprint density at radius 3 is 2.92 bits per heavy atom. The lowest BCUT2D eigenvalue weighted by atomic mass is 10.1. The average Bonchev–Trinajstić information content (AvgIpc) is 2.85. The van der Waals surface area contributed by atoms with Gasteiger partial charge in [0.25, 0.3) is 0 Å². The molecule has 0 aliphatic heterocycles. The molecule has 1 fully saturated rings. The number of rotatable bonds is 2. The SMILES string of the molecule is Cc1ccc(C2CC2CBr)cn1. The van der Waals surface area contributed by atoms with Crippen molar-refractivity contribution in [3.63, 3.8) is 0 Å². The molecule has 12 heavy (non-hydrogen) atoms. The summed E-state index contributed by atoms with van der Waals surface area (Å²) in [5.41, 5.74) is 2.51. The van der Waals surface area contributed by atoms with E-state index in [9.17, 15) is 0 Å². The van der Waals surface area contributed by atoms with Gasteiger partial charge in [0.15, 0.2) is 0 Å². The largest absolute Gasteiger partial charge is 0.261 e. The summed E-state index contributed by atoms with van der Waals surface area (Å²) in [6.45, 7) is 2.03. The molecule has 1 heterocycles. The fourth-order valence-electron chi connectivity index (χ4n) is 1.52. The number of aryl methyl sites for hydroxylation is 1. The molecule has 1 aliphatic rings. The molecule has 1 aromatic rings. The Kier molecular flexibility index (Phi) is 2.18. The van der Waals surface area contributed by atoms with E-state index in [-0.39, 0.29) is 0 Å². The maximum atomic E-state index is 4.29. The molecule has 2 rings (SSSR count). The van der Waals surface area contributed by atoms with Crippen molar-refractivity contribution in [2.45, 2.75) is 19.3 Å². The van der Waals surface area contributed by atoms with Crippen LogP contribution in [-0.4, -0.2) is 10.3 Å². The van der Waals surface area contributed by atoms with Crippen molar-refractivity contribution in [1.29, 1.82) is 0 Å². The summed E-state index contributed by atoms with van der Waals surface area (Å²) in [6, 6.07) is 4.30. The van der Waals surface area contributed by atoms with Crippen LogP contribution in [0.5, 0.6) is 0 Å². The minimum absolute atomic E-state index is 0.775. The van der Waals surface area contributed by atoms with E-state index in [1.165, 1.54) is 12.0 Å². The van der Waals surface area contributed by atoms with Gasteiger partial charge in [-0.3, -0.25) is 4.98 Å². The van der Waals surface area contributed by atoms with Gasteiger partial charge in [-0.2, -0.15) is 0 Å². The summed E-state index contributed by atoms with van der Waals surface area (Å²) in [5.74, 6) is 1.63. The highest BCUT2D eigenvalue weighted by atomic mass is 79.9. The second-order valence-corrected chi connectivity index (χ2v) is 4.14. The van der Waals surface area contributed by atoms with Crippen LogP contribution < -0.4 is 0 Å². The summed E-state index contributed by atoms with van der Waals surface area (Å²) in [7, 11) is 0. The van der Waals surface area contributed by atoms with Crippen LogP contribution in [0.3, 0.4) is 0 Å². The Morgan fingerprint density at radius 1 is 1.58 bits per heavy atom. The molecular formula is C10H12BrN. The monoisotopic (exact) mass is 225 g/mol. The number of pyridine rings is 1. The van der Waals surface area contributed by atoms with Crippen LogP contribution in [0.15, 0.2) is 18.3 Å². The highest BCUT2D eigenvalue weighted by Crippen LogP contribution is 2.47. The van der Waals surface area contributed by atoms with Gasteiger partial charge < -0.3 is 0 Å².